The van der Waals surface area contributed by atoms with E-state index in [0.717, 1.165) is 24.7 Å². The summed E-state index contributed by atoms with van der Waals surface area (Å²) in [4.78, 5) is 4.28. The van der Waals surface area contributed by atoms with Crippen LogP contribution in [0, 0.1) is 11.6 Å². The van der Waals surface area contributed by atoms with Crippen LogP contribution >= 0.6 is 11.6 Å². The quantitative estimate of drug-likeness (QED) is 0.860. The van der Waals surface area contributed by atoms with Crippen LogP contribution in [0.2, 0.25) is 5.02 Å². The van der Waals surface area contributed by atoms with Gasteiger partial charge in [-0.2, -0.15) is 0 Å². The van der Waals surface area contributed by atoms with Crippen LogP contribution in [-0.2, 0) is 6.42 Å². The number of pyridine rings is 1. The largest absolute Gasteiger partial charge is 0.308 e. The normalized spacial score (nSPS) is 12.4. The van der Waals surface area contributed by atoms with Gasteiger partial charge < -0.3 is 5.32 Å². The molecule has 2 rings (SSSR count). The SMILES string of the molecule is CCCNC(Cc1ccc(F)cc1F)c1ccc(Cl)cn1. The summed E-state index contributed by atoms with van der Waals surface area (Å²) in [6, 6.07) is 7.08. The molecule has 0 saturated carbocycles. The van der Waals surface area contributed by atoms with Crippen molar-refractivity contribution in [1.82, 2.24) is 10.3 Å². The minimum atomic E-state index is -0.570. The summed E-state index contributed by atoms with van der Waals surface area (Å²) < 4.78 is 26.8. The molecule has 0 bridgehead atoms. The van der Waals surface area contributed by atoms with Crippen molar-refractivity contribution >= 4 is 11.6 Å². The Kier molecular flexibility index (Phi) is 5.65. The summed E-state index contributed by atoms with van der Waals surface area (Å²) in [6.45, 7) is 2.84. The Hall–Kier alpha value is -1.52. The molecule has 2 aromatic rings. The molecule has 1 atom stereocenters. The Balaban J connectivity index is 2.21. The first-order valence-electron chi connectivity index (χ1n) is 6.89. The van der Waals surface area contributed by atoms with Crippen molar-refractivity contribution in [3.63, 3.8) is 0 Å². The number of nitrogens with zero attached hydrogens (tertiary/aromatic N) is 1. The molecule has 0 spiro atoms. The Bertz CT molecular complexity index is 587. The molecule has 2 nitrogen and oxygen atoms in total. The average Bonchev–Trinajstić information content (AvgIpc) is 2.46. The minimum Gasteiger partial charge on any atom is -0.308 e. The maximum atomic E-state index is 13.8. The zero-order chi connectivity index (χ0) is 15.2. The van der Waals surface area contributed by atoms with E-state index in [1.807, 2.05) is 6.07 Å². The third kappa shape index (κ3) is 4.48. The van der Waals surface area contributed by atoms with E-state index in [-0.39, 0.29) is 6.04 Å². The van der Waals surface area contributed by atoms with E-state index < -0.39 is 11.6 Å². The maximum Gasteiger partial charge on any atom is 0.129 e. The highest BCUT2D eigenvalue weighted by molar-refractivity contribution is 6.30. The summed E-state index contributed by atoms with van der Waals surface area (Å²) in [6.07, 6.45) is 2.93. The maximum absolute atomic E-state index is 13.8. The lowest BCUT2D eigenvalue weighted by molar-refractivity contribution is 0.500. The van der Waals surface area contributed by atoms with E-state index in [1.165, 1.54) is 12.1 Å². The fourth-order valence-electron chi connectivity index (χ4n) is 2.10. The lowest BCUT2D eigenvalue weighted by atomic mass is 10.0. The Morgan fingerprint density at radius 2 is 2.05 bits per heavy atom. The second-order valence-corrected chi connectivity index (χ2v) is 5.28. The number of hydrogen-bond donors (Lipinski definition) is 1. The van der Waals surface area contributed by atoms with Crippen LogP contribution < -0.4 is 5.32 Å². The molecule has 0 radical (unpaired) electrons. The van der Waals surface area contributed by atoms with Gasteiger partial charge in [0.1, 0.15) is 11.6 Å². The van der Waals surface area contributed by atoms with E-state index in [9.17, 15) is 8.78 Å². The molecule has 0 saturated heterocycles. The number of nitrogens with one attached hydrogen (secondary N) is 1. The van der Waals surface area contributed by atoms with Gasteiger partial charge >= 0.3 is 0 Å². The van der Waals surface area contributed by atoms with Gasteiger partial charge in [-0.1, -0.05) is 24.6 Å². The highest BCUT2D eigenvalue weighted by Crippen LogP contribution is 2.20. The van der Waals surface area contributed by atoms with Crippen molar-refractivity contribution in [3.05, 3.63) is 64.4 Å². The zero-order valence-electron chi connectivity index (χ0n) is 11.7. The summed E-state index contributed by atoms with van der Waals surface area (Å²) in [5, 5.41) is 3.89. The molecule has 112 valence electrons. The minimum absolute atomic E-state index is 0.137. The van der Waals surface area contributed by atoms with E-state index in [4.69, 9.17) is 11.6 Å². The molecule has 5 heteroatoms. The van der Waals surface area contributed by atoms with Gasteiger partial charge in [-0.05, 0) is 43.1 Å². The highest BCUT2D eigenvalue weighted by Gasteiger charge is 2.15. The standard InChI is InChI=1S/C16H17ClF2N2/c1-2-7-20-16(15-6-4-12(17)10-21-15)8-11-3-5-13(18)9-14(11)19/h3-6,9-10,16,20H,2,7-8H2,1H3. The molecule has 0 fully saturated rings. The van der Waals surface area contributed by atoms with Crippen molar-refractivity contribution < 1.29 is 8.78 Å². The summed E-state index contributed by atoms with van der Waals surface area (Å²) in [7, 11) is 0. The molecule has 1 aromatic heterocycles. The number of aromatic nitrogens is 1. The van der Waals surface area contributed by atoms with Crippen molar-refractivity contribution in [1.29, 1.82) is 0 Å². The first-order chi connectivity index (χ1) is 10.1. The van der Waals surface area contributed by atoms with Gasteiger partial charge in [-0.25, -0.2) is 8.78 Å². The number of rotatable bonds is 6. The van der Waals surface area contributed by atoms with Gasteiger partial charge in [-0.3, -0.25) is 4.98 Å². The van der Waals surface area contributed by atoms with Gasteiger partial charge in [0, 0.05) is 12.3 Å². The van der Waals surface area contributed by atoms with Crippen LogP contribution in [0.25, 0.3) is 0 Å². The third-order valence-electron chi connectivity index (χ3n) is 3.19. The lowest BCUT2D eigenvalue weighted by Gasteiger charge is -2.18. The number of halogens is 3. The second kappa shape index (κ2) is 7.48. The fourth-order valence-corrected chi connectivity index (χ4v) is 2.21. The molecule has 0 amide bonds. The lowest BCUT2D eigenvalue weighted by Crippen LogP contribution is -2.25. The molecule has 1 heterocycles. The van der Waals surface area contributed by atoms with Crippen LogP contribution in [0.4, 0.5) is 8.78 Å². The second-order valence-electron chi connectivity index (χ2n) is 4.85. The van der Waals surface area contributed by atoms with Crippen LogP contribution in [0.3, 0.4) is 0 Å². The molecule has 21 heavy (non-hydrogen) atoms. The Labute approximate surface area is 128 Å². The van der Waals surface area contributed by atoms with Gasteiger partial charge in [0.05, 0.1) is 16.8 Å². The average molecular weight is 311 g/mol. The van der Waals surface area contributed by atoms with Crippen LogP contribution in [0.5, 0.6) is 0 Å². The molecule has 0 aliphatic carbocycles. The Morgan fingerprint density at radius 1 is 1.24 bits per heavy atom. The van der Waals surface area contributed by atoms with Gasteiger partial charge in [0.25, 0.3) is 0 Å². The van der Waals surface area contributed by atoms with Crippen molar-refractivity contribution in [2.75, 3.05) is 6.54 Å². The predicted molar refractivity (Wildman–Crippen MR) is 80.3 cm³/mol. The van der Waals surface area contributed by atoms with E-state index >= 15 is 0 Å². The molecule has 0 aliphatic heterocycles. The summed E-state index contributed by atoms with van der Waals surface area (Å²) in [5.41, 5.74) is 1.25. The molecule has 0 aliphatic rings. The monoisotopic (exact) mass is 310 g/mol. The molecule has 1 aromatic carbocycles. The van der Waals surface area contributed by atoms with Crippen molar-refractivity contribution in [3.8, 4) is 0 Å². The van der Waals surface area contributed by atoms with Gasteiger partial charge in [0.2, 0.25) is 0 Å². The first-order valence-corrected chi connectivity index (χ1v) is 7.26. The van der Waals surface area contributed by atoms with Crippen molar-refractivity contribution in [2.45, 2.75) is 25.8 Å². The third-order valence-corrected chi connectivity index (χ3v) is 3.41. The smallest absolute Gasteiger partial charge is 0.129 e. The topological polar surface area (TPSA) is 24.9 Å². The fraction of sp³-hybridized carbons (Fsp3) is 0.312. The predicted octanol–water partition coefficient (Wildman–Crippen LogP) is 4.30. The van der Waals surface area contributed by atoms with Gasteiger partial charge in [0.15, 0.2) is 0 Å². The van der Waals surface area contributed by atoms with E-state index in [0.29, 0.717) is 17.0 Å². The summed E-state index contributed by atoms with van der Waals surface area (Å²) >= 11 is 5.84. The molecule has 1 unspecified atom stereocenters. The number of hydrogen-bond acceptors (Lipinski definition) is 2. The van der Waals surface area contributed by atoms with E-state index in [1.54, 1.807) is 12.3 Å². The van der Waals surface area contributed by atoms with Crippen LogP contribution in [0.15, 0.2) is 36.5 Å². The Morgan fingerprint density at radius 3 is 2.67 bits per heavy atom. The molecule has 1 N–H and O–H groups in total. The molecular formula is C16H17ClF2N2. The van der Waals surface area contributed by atoms with E-state index in [2.05, 4.69) is 17.2 Å². The zero-order valence-corrected chi connectivity index (χ0v) is 12.5. The summed E-state index contributed by atoms with van der Waals surface area (Å²) in [5.74, 6) is -1.11. The van der Waals surface area contributed by atoms with Gasteiger partial charge in [-0.15, -0.1) is 0 Å². The first kappa shape index (κ1) is 15.9. The highest BCUT2D eigenvalue weighted by atomic mass is 35.5. The molecular weight excluding hydrogens is 294 g/mol. The number of benzene rings is 1. The van der Waals surface area contributed by atoms with Crippen molar-refractivity contribution in [2.24, 2.45) is 0 Å². The van der Waals surface area contributed by atoms with Crippen LogP contribution in [-0.4, -0.2) is 11.5 Å². The van der Waals surface area contributed by atoms with Crippen LogP contribution in [0.1, 0.15) is 30.6 Å².